The lowest BCUT2D eigenvalue weighted by Crippen LogP contribution is -2.22. The Labute approximate surface area is 155 Å². The molecular formula is C21H14ClNO3. The van der Waals surface area contributed by atoms with E-state index in [1.54, 1.807) is 24.3 Å². The summed E-state index contributed by atoms with van der Waals surface area (Å²) in [6.07, 6.45) is 0. The Hall–Kier alpha value is -3.11. The maximum Gasteiger partial charge on any atom is 0.199 e. The van der Waals surface area contributed by atoms with Crippen LogP contribution >= 0.6 is 11.6 Å². The number of halogens is 1. The Morgan fingerprint density at radius 1 is 0.846 bits per heavy atom. The molecule has 4 rings (SSSR count). The fourth-order valence-corrected chi connectivity index (χ4v) is 3.42. The van der Waals surface area contributed by atoms with Crippen LogP contribution in [0, 0.1) is 6.92 Å². The lowest BCUT2D eigenvalue weighted by molar-refractivity contribution is 0.0977. The van der Waals surface area contributed by atoms with Gasteiger partial charge in [0.05, 0.1) is 27.4 Å². The lowest BCUT2D eigenvalue weighted by Gasteiger charge is -2.22. The minimum absolute atomic E-state index is 0.0206. The molecule has 0 saturated carbocycles. The predicted octanol–water partition coefficient (Wildman–Crippen LogP) is 4.87. The van der Waals surface area contributed by atoms with Gasteiger partial charge in [-0.3, -0.25) is 9.59 Å². The summed E-state index contributed by atoms with van der Waals surface area (Å²) in [5.74, 6) is -1.04. The first-order chi connectivity index (χ1) is 12.5. The summed E-state index contributed by atoms with van der Waals surface area (Å²) in [6, 6.07) is 15.4. The normalized spacial score (nSPS) is 12.5. The van der Waals surface area contributed by atoms with Crippen molar-refractivity contribution in [3.8, 4) is 5.75 Å². The highest BCUT2D eigenvalue weighted by atomic mass is 35.5. The highest BCUT2D eigenvalue weighted by molar-refractivity contribution is 6.40. The van der Waals surface area contributed by atoms with Crippen LogP contribution in [0.3, 0.4) is 0 Å². The molecule has 0 radical (unpaired) electrons. The molecular weight excluding hydrogens is 350 g/mol. The summed E-state index contributed by atoms with van der Waals surface area (Å²) >= 11 is 6.14. The fourth-order valence-electron chi connectivity index (χ4n) is 3.16. The lowest BCUT2D eigenvalue weighted by atomic mass is 9.82. The largest absolute Gasteiger partial charge is 0.507 e. The highest BCUT2D eigenvalue weighted by Gasteiger charge is 2.35. The molecule has 0 aliphatic heterocycles. The maximum atomic E-state index is 13.1. The number of hydrogen-bond acceptors (Lipinski definition) is 4. The smallest absolute Gasteiger partial charge is 0.199 e. The van der Waals surface area contributed by atoms with Crippen LogP contribution in [0.1, 0.15) is 37.4 Å². The van der Waals surface area contributed by atoms with E-state index in [0.29, 0.717) is 5.69 Å². The van der Waals surface area contributed by atoms with Crippen LogP contribution in [0.5, 0.6) is 5.75 Å². The van der Waals surface area contributed by atoms with Gasteiger partial charge >= 0.3 is 0 Å². The minimum atomic E-state index is -0.453. The third kappa shape index (κ3) is 2.47. The van der Waals surface area contributed by atoms with E-state index in [4.69, 9.17) is 11.6 Å². The Bertz CT molecular complexity index is 1070. The first-order valence-electron chi connectivity index (χ1n) is 8.05. The molecule has 26 heavy (non-hydrogen) atoms. The Morgan fingerprint density at radius 3 is 2.31 bits per heavy atom. The second kappa shape index (κ2) is 6.00. The Kier molecular flexibility index (Phi) is 3.78. The number of carbonyl (C=O) groups excluding carboxylic acids is 2. The number of aryl methyl sites for hydroxylation is 1. The van der Waals surface area contributed by atoms with Gasteiger partial charge in [-0.05, 0) is 37.3 Å². The molecule has 0 amide bonds. The van der Waals surface area contributed by atoms with Crippen molar-refractivity contribution in [3.05, 3.63) is 87.4 Å². The number of fused-ring (bicyclic) bond motifs is 2. The molecule has 5 heteroatoms. The van der Waals surface area contributed by atoms with Crippen LogP contribution < -0.4 is 5.32 Å². The van der Waals surface area contributed by atoms with Crippen molar-refractivity contribution >= 4 is 34.5 Å². The van der Waals surface area contributed by atoms with Crippen LogP contribution in [-0.2, 0) is 0 Å². The first-order valence-corrected chi connectivity index (χ1v) is 8.42. The number of phenols is 1. The molecule has 4 nitrogen and oxygen atoms in total. The van der Waals surface area contributed by atoms with Crippen LogP contribution in [0.25, 0.3) is 0 Å². The van der Waals surface area contributed by atoms with Gasteiger partial charge in [0.2, 0.25) is 0 Å². The van der Waals surface area contributed by atoms with Gasteiger partial charge in [-0.2, -0.15) is 0 Å². The van der Waals surface area contributed by atoms with Crippen molar-refractivity contribution < 1.29 is 14.7 Å². The Balaban J connectivity index is 1.90. The summed E-state index contributed by atoms with van der Waals surface area (Å²) in [7, 11) is 0. The van der Waals surface area contributed by atoms with E-state index in [1.165, 1.54) is 6.07 Å². The number of carbonyl (C=O) groups is 2. The molecule has 128 valence electrons. The number of nitrogens with one attached hydrogen (secondary N) is 1. The summed E-state index contributed by atoms with van der Waals surface area (Å²) in [5, 5.41) is 13.6. The molecule has 3 aromatic carbocycles. The SMILES string of the molecule is Cc1ccc(Nc2ccc(O)c3c2C(=O)c2cccc(Cl)c2C3=O)cc1. The van der Waals surface area contributed by atoms with E-state index >= 15 is 0 Å². The number of anilines is 2. The van der Waals surface area contributed by atoms with E-state index in [1.807, 2.05) is 31.2 Å². The average Bonchev–Trinajstić information content (AvgIpc) is 2.62. The second-order valence-electron chi connectivity index (χ2n) is 6.19. The fraction of sp³-hybridized carbons (Fsp3) is 0.0476. The quantitative estimate of drug-likeness (QED) is 0.498. The molecule has 0 spiro atoms. The molecule has 0 aromatic heterocycles. The van der Waals surface area contributed by atoms with Crippen LogP contribution in [0.2, 0.25) is 5.02 Å². The third-order valence-electron chi connectivity index (χ3n) is 4.45. The number of benzene rings is 3. The van der Waals surface area contributed by atoms with E-state index in [2.05, 4.69) is 5.32 Å². The van der Waals surface area contributed by atoms with Crippen molar-refractivity contribution in [2.45, 2.75) is 6.92 Å². The predicted molar refractivity (Wildman–Crippen MR) is 101 cm³/mol. The summed E-state index contributed by atoms with van der Waals surface area (Å²) < 4.78 is 0. The van der Waals surface area contributed by atoms with Crippen LogP contribution in [0.4, 0.5) is 11.4 Å². The number of rotatable bonds is 2. The Morgan fingerprint density at radius 2 is 1.58 bits per heavy atom. The molecule has 0 saturated heterocycles. The molecule has 0 bridgehead atoms. The second-order valence-corrected chi connectivity index (χ2v) is 6.60. The van der Waals surface area contributed by atoms with Crippen molar-refractivity contribution in [1.29, 1.82) is 0 Å². The number of aromatic hydroxyl groups is 1. The summed E-state index contributed by atoms with van der Waals surface area (Å²) in [6.45, 7) is 1.98. The van der Waals surface area contributed by atoms with E-state index in [0.717, 1.165) is 11.3 Å². The highest BCUT2D eigenvalue weighted by Crippen LogP contribution is 2.39. The van der Waals surface area contributed by atoms with Crippen molar-refractivity contribution in [3.63, 3.8) is 0 Å². The molecule has 3 aromatic rings. The van der Waals surface area contributed by atoms with E-state index in [9.17, 15) is 14.7 Å². The monoisotopic (exact) mass is 363 g/mol. The van der Waals surface area contributed by atoms with Gasteiger partial charge in [-0.1, -0.05) is 41.4 Å². The van der Waals surface area contributed by atoms with Gasteiger partial charge in [0.25, 0.3) is 0 Å². The van der Waals surface area contributed by atoms with Gasteiger partial charge in [0, 0.05) is 11.3 Å². The summed E-state index contributed by atoms with van der Waals surface area (Å²) in [4.78, 5) is 26.0. The molecule has 1 aliphatic rings. The molecule has 1 aliphatic carbocycles. The topological polar surface area (TPSA) is 66.4 Å². The molecule has 0 unspecified atom stereocenters. The number of ketones is 2. The van der Waals surface area contributed by atoms with Crippen molar-refractivity contribution in [2.24, 2.45) is 0 Å². The van der Waals surface area contributed by atoms with Gasteiger partial charge in [0.1, 0.15) is 5.75 Å². The van der Waals surface area contributed by atoms with Gasteiger partial charge in [0.15, 0.2) is 11.6 Å². The van der Waals surface area contributed by atoms with Crippen LogP contribution in [-0.4, -0.2) is 16.7 Å². The van der Waals surface area contributed by atoms with Gasteiger partial charge in [-0.15, -0.1) is 0 Å². The number of phenolic OH excluding ortho intramolecular Hbond substituents is 1. The van der Waals surface area contributed by atoms with Gasteiger partial charge < -0.3 is 10.4 Å². The summed E-state index contributed by atoms with van der Waals surface area (Å²) in [5.41, 5.74) is 2.87. The average molecular weight is 364 g/mol. The molecule has 0 fully saturated rings. The van der Waals surface area contributed by atoms with Gasteiger partial charge in [-0.25, -0.2) is 0 Å². The first kappa shape index (κ1) is 16.4. The molecule has 0 atom stereocenters. The van der Waals surface area contributed by atoms with E-state index in [-0.39, 0.29) is 38.8 Å². The maximum absolute atomic E-state index is 13.1. The molecule has 0 heterocycles. The number of hydrogen-bond donors (Lipinski definition) is 2. The standard InChI is InChI=1S/C21H14ClNO3/c1-11-5-7-12(8-6-11)23-15-9-10-16(24)19-18(15)20(25)13-3-2-4-14(22)17(13)21(19)26/h2-10,23-24H,1H3. The zero-order valence-corrected chi connectivity index (χ0v) is 14.6. The van der Waals surface area contributed by atoms with Crippen molar-refractivity contribution in [1.82, 2.24) is 0 Å². The zero-order chi connectivity index (χ0) is 18.4. The van der Waals surface area contributed by atoms with Crippen LogP contribution in [0.15, 0.2) is 54.6 Å². The molecule has 2 N–H and O–H groups in total. The zero-order valence-electron chi connectivity index (χ0n) is 13.8. The van der Waals surface area contributed by atoms with Crippen molar-refractivity contribution in [2.75, 3.05) is 5.32 Å². The third-order valence-corrected chi connectivity index (χ3v) is 4.77. The minimum Gasteiger partial charge on any atom is -0.507 e. The van der Waals surface area contributed by atoms with E-state index < -0.39 is 5.78 Å².